The van der Waals surface area contributed by atoms with Crippen molar-refractivity contribution in [3.05, 3.63) is 11.6 Å². The van der Waals surface area contributed by atoms with E-state index >= 15 is 0 Å². The minimum absolute atomic E-state index is 0.151. The van der Waals surface area contributed by atoms with E-state index in [4.69, 9.17) is 9.47 Å². The number of carbonyl (C=O) groups excluding carboxylic acids is 1. The Hall–Kier alpha value is -1.08. The average molecular weight is 299 g/mol. The van der Waals surface area contributed by atoms with Crippen molar-refractivity contribution in [3.8, 4) is 0 Å². The molecule has 7 heteroatoms. The zero-order valence-corrected chi connectivity index (χ0v) is 13.0. The van der Waals surface area contributed by atoms with Gasteiger partial charge in [-0.15, -0.1) is 10.2 Å². The van der Waals surface area contributed by atoms with Crippen molar-refractivity contribution in [1.82, 2.24) is 14.8 Å². The highest BCUT2D eigenvalue weighted by atomic mass is 32.2. The number of hydrogen-bond donors (Lipinski definition) is 0. The molecule has 2 heterocycles. The van der Waals surface area contributed by atoms with Gasteiger partial charge in [0, 0.05) is 12.3 Å². The smallest absolute Gasteiger partial charge is 0.307 e. The molecule has 112 valence electrons. The second-order valence-electron chi connectivity index (χ2n) is 5.63. The van der Waals surface area contributed by atoms with Crippen molar-refractivity contribution < 1.29 is 14.3 Å². The number of rotatable bonds is 5. The Balaban J connectivity index is 1.71. The maximum atomic E-state index is 11.6. The van der Waals surface area contributed by atoms with Crippen molar-refractivity contribution in [1.29, 1.82) is 0 Å². The molecule has 1 aromatic rings. The molecule has 1 aliphatic heterocycles. The first-order chi connectivity index (χ1) is 9.46. The molecule has 1 aliphatic rings. The third-order valence-corrected chi connectivity index (χ3v) is 3.65. The van der Waals surface area contributed by atoms with Gasteiger partial charge in [0.2, 0.25) is 0 Å². The monoisotopic (exact) mass is 299 g/mol. The molecule has 1 aromatic heterocycles. The summed E-state index contributed by atoms with van der Waals surface area (Å²) in [6.07, 6.45) is 0.423. The first-order valence-electron chi connectivity index (χ1n) is 6.74. The zero-order valence-electron chi connectivity index (χ0n) is 12.2. The first-order valence-corrected chi connectivity index (χ1v) is 7.89. The van der Waals surface area contributed by atoms with Gasteiger partial charge in [0.1, 0.15) is 18.0 Å². The summed E-state index contributed by atoms with van der Waals surface area (Å²) in [5.74, 6) is 3.18. The maximum absolute atomic E-state index is 11.6. The van der Waals surface area contributed by atoms with Gasteiger partial charge in [0.05, 0.1) is 18.8 Å². The van der Waals surface area contributed by atoms with Crippen LogP contribution >= 0.6 is 11.8 Å². The highest BCUT2D eigenvalue weighted by molar-refractivity contribution is 7.98. The molecule has 0 unspecified atom stereocenters. The summed E-state index contributed by atoms with van der Waals surface area (Å²) in [5.41, 5.74) is -0.409. The number of carbonyl (C=O) groups is 1. The minimum atomic E-state index is -0.409. The fourth-order valence-electron chi connectivity index (χ4n) is 1.87. The van der Waals surface area contributed by atoms with Gasteiger partial charge in [0.25, 0.3) is 0 Å². The Morgan fingerprint density at radius 2 is 2.25 bits per heavy atom. The number of aromatic nitrogens is 3. The number of esters is 1. The van der Waals surface area contributed by atoms with Gasteiger partial charge in [-0.05, 0) is 20.8 Å². The van der Waals surface area contributed by atoms with Gasteiger partial charge in [0.15, 0.2) is 5.82 Å². The van der Waals surface area contributed by atoms with E-state index < -0.39 is 5.60 Å². The molecule has 20 heavy (non-hydrogen) atoms. The molecular formula is C13H21N3O3S. The third kappa shape index (κ3) is 4.49. The molecule has 6 nitrogen and oxygen atoms in total. The number of ether oxygens (including phenoxy) is 2. The lowest BCUT2D eigenvalue weighted by Gasteiger charge is -2.19. The van der Waals surface area contributed by atoms with Crippen molar-refractivity contribution >= 4 is 17.7 Å². The highest BCUT2D eigenvalue weighted by Crippen LogP contribution is 2.16. The summed E-state index contributed by atoms with van der Waals surface area (Å²) in [4.78, 5) is 11.6. The van der Waals surface area contributed by atoms with Crippen LogP contribution in [0.4, 0.5) is 0 Å². The molecule has 0 fully saturated rings. The average Bonchev–Trinajstić information content (AvgIpc) is 2.76. The van der Waals surface area contributed by atoms with Crippen LogP contribution in [0, 0.1) is 0 Å². The Labute approximate surface area is 123 Å². The summed E-state index contributed by atoms with van der Waals surface area (Å²) in [7, 11) is 0. The van der Waals surface area contributed by atoms with Crippen LogP contribution < -0.4 is 0 Å². The number of nitrogens with zero attached hydrogens (tertiary/aromatic N) is 3. The molecule has 0 amide bonds. The maximum Gasteiger partial charge on any atom is 0.307 e. The largest absolute Gasteiger partial charge is 0.460 e. The van der Waals surface area contributed by atoms with Crippen LogP contribution in [-0.2, 0) is 33.2 Å². The molecule has 0 atom stereocenters. The molecule has 0 saturated heterocycles. The molecule has 0 N–H and O–H groups in total. The first kappa shape index (κ1) is 15.3. The fourth-order valence-corrected chi connectivity index (χ4v) is 2.73. The molecule has 0 aliphatic carbocycles. The quantitative estimate of drug-likeness (QED) is 0.610. The lowest BCUT2D eigenvalue weighted by atomic mass is 10.2. The number of hydrogen-bond acceptors (Lipinski definition) is 6. The number of fused-ring (bicyclic) bond motifs is 1. The second-order valence-corrected chi connectivity index (χ2v) is 6.73. The van der Waals surface area contributed by atoms with Gasteiger partial charge in [-0.2, -0.15) is 11.8 Å². The van der Waals surface area contributed by atoms with Crippen LogP contribution in [0.25, 0.3) is 0 Å². The normalized spacial score (nSPS) is 14.9. The predicted octanol–water partition coefficient (Wildman–Crippen LogP) is 1.77. The van der Waals surface area contributed by atoms with Crippen LogP contribution in [0.3, 0.4) is 0 Å². The topological polar surface area (TPSA) is 66.2 Å². The van der Waals surface area contributed by atoms with Crippen LogP contribution in [0.2, 0.25) is 0 Å². The molecule has 0 saturated carbocycles. The number of thioether (sulfide) groups is 1. The lowest BCUT2D eigenvalue weighted by molar-refractivity contribution is -0.154. The summed E-state index contributed by atoms with van der Waals surface area (Å²) in [6, 6.07) is 0. The summed E-state index contributed by atoms with van der Waals surface area (Å²) < 4.78 is 12.7. The molecule has 2 rings (SSSR count). The van der Waals surface area contributed by atoms with Gasteiger partial charge >= 0.3 is 5.97 Å². The summed E-state index contributed by atoms with van der Waals surface area (Å²) in [6.45, 7) is 7.69. The second kappa shape index (κ2) is 6.58. The Morgan fingerprint density at radius 3 is 3.00 bits per heavy atom. The van der Waals surface area contributed by atoms with E-state index in [9.17, 15) is 4.79 Å². The van der Waals surface area contributed by atoms with E-state index in [0.717, 1.165) is 29.7 Å². The van der Waals surface area contributed by atoms with Gasteiger partial charge in [-0.25, -0.2) is 0 Å². The van der Waals surface area contributed by atoms with Gasteiger partial charge in [-0.1, -0.05) is 0 Å². The van der Waals surface area contributed by atoms with Crippen LogP contribution in [0.5, 0.6) is 0 Å². The fraction of sp³-hybridized carbons (Fsp3) is 0.769. The molecule has 0 radical (unpaired) electrons. The van der Waals surface area contributed by atoms with E-state index in [2.05, 4.69) is 14.8 Å². The predicted molar refractivity (Wildman–Crippen MR) is 76.3 cm³/mol. The van der Waals surface area contributed by atoms with Crippen molar-refractivity contribution in [3.63, 3.8) is 0 Å². The Bertz CT molecular complexity index is 468. The van der Waals surface area contributed by atoms with Gasteiger partial charge in [-0.3, -0.25) is 4.79 Å². The Morgan fingerprint density at radius 1 is 1.45 bits per heavy atom. The molecular weight excluding hydrogens is 278 g/mol. The summed E-state index contributed by atoms with van der Waals surface area (Å²) >= 11 is 1.67. The third-order valence-electron chi connectivity index (χ3n) is 2.70. The van der Waals surface area contributed by atoms with E-state index in [-0.39, 0.29) is 5.97 Å². The van der Waals surface area contributed by atoms with Crippen molar-refractivity contribution in [2.75, 3.05) is 12.4 Å². The standard InChI is InChI=1S/C13H21N3O3S/c1-13(2,3)19-12(17)4-7-20-9-11-15-14-10-8-18-6-5-16(10)11/h4-9H2,1-3H3. The van der Waals surface area contributed by atoms with E-state index in [1.807, 2.05) is 20.8 Å². The highest BCUT2D eigenvalue weighted by Gasteiger charge is 2.17. The SMILES string of the molecule is CC(C)(C)OC(=O)CCSCc1nnc2n1CCOC2. The summed E-state index contributed by atoms with van der Waals surface area (Å²) in [5, 5.41) is 8.27. The minimum Gasteiger partial charge on any atom is -0.460 e. The van der Waals surface area contributed by atoms with E-state index in [0.29, 0.717) is 19.6 Å². The lowest BCUT2D eigenvalue weighted by Crippen LogP contribution is -2.24. The van der Waals surface area contributed by atoms with Crippen molar-refractivity contribution in [2.45, 2.75) is 51.7 Å². The van der Waals surface area contributed by atoms with E-state index in [1.165, 1.54) is 0 Å². The Kier molecular flexibility index (Phi) is 5.04. The van der Waals surface area contributed by atoms with Crippen molar-refractivity contribution in [2.24, 2.45) is 0 Å². The van der Waals surface area contributed by atoms with Crippen LogP contribution in [0.1, 0.15) is 38.8 Å². The molecule has 0 bridgehead atoms. The zero-order chi connectivity index (χ0) is 14.6. The van der Waals surface area contributed by atoms with Gasteiger partial charge < -0.3 is 14.0 Å². The van der Waals surface area contributed by atoms with Crippen LogP contribution in [0.15, 0.2) is 0 Å². The van der Waals surface area contributed by atoms with Crippen LogP contribution in [-0.4, -0.2) is 38.7 Å². The van der Waals surface area contributed by atoms with E-state index in [1.54, 1.807) is 11.8 Å². The molecule has 0 spiro atoms. The molecule has 0 aromatic carbocycles.